The van der Waals surface area contributed by atoms with Gasteiger partial charge in [-0.3, -0.25) is 38.5 Å². The van der Waals surface area contributed by atoms with Gasteiger partial charge in [0.25, 0.3) is 0 Å². The SMILES string of the molecule is CC(C)C[C@H](C(=O)O)[C@H](Cc1ccc(N2CCC(CO)CC2)nc1)c1nn[nH]n1.CC(C)C[C@H](C(=O)O)[C@H](Cc1ccc(N2CCC(O)C2)nc1)c1nn[nH]n1.CCC[C@H](C(=O)O)[C@H](Cc1cccc(-c2ccc(C(N)=O)cc2)c1)c1nn[nH]n1.CCC[C@H](C(=O)O)[C@H](Cc1cccc(-c2cccc(C(N)=O)c2)c1)c1nn[nH]n1.CCC[C@H](C(=O)O)[C@H](Cc1cccc(-c2ccnc(C)c2)c1)c1nn[nH]n1. The summed E-state index contributed by atoms with van der Waals surface area (Å²) in [6, 6.07) is 49.8. The van der Waals surface area contributed by atoms with E-state index >= 15 is 0 Å². The number of aryl methyl sites for hydroxylation is 1. The molecule has 1 unspecified atom stereocenters. The first-order valence-electron chi connectivity index (χ1n) is 47.5. The van der Waals surface area contributed by atoms with Gasteiger partial charge in [0.1, 0.15) is 11.6 Å². The summed E-state index contributed by atoms with van der Waals surface area (Å²) in [4.78, 5) is 99.8. The summed E-state index contributed by atoms with van der Waals surface area (Å²) in [6.07, 6.45) is 15.1. The quantitative estimate of drug-likeness (QED) is 0.0169. The van der Waals surface area contributed by atoms with Gasteiger partial charge in [0.05, 0.1) is 35.7 Å². The van der Waals surface area contributed by atoms with Crippen molar-refractivity contribution in [3.8, 4) is 33.4 Å². The van der Waals surface area contributed by atoms with Gasteiger partial charge in [-0.1, -0.05) is 203 Å². The number of β-amino-alcohol motifs (C(OH)–C–C–N with tert-alkyl or cyclic N) is 1. The van der Waals surface area contributed by atoms with E-state index < -0.39 is 83.1 Å². The average Bonchev–Trinajstić information content (AvgIpc) is 1.81. The fourth-order valence-electron chi connectivity index (χ4n) is 18.1. The number of carbonyl (C=O) groups is 7. The second kappa shape index (κ2) is 53.0. The number of aromatic nitrogens is 23. The number of primary amides is 2. The average molecular weight is 1930 g/mol. The minimum Gasteiger partial charge on any atom is -0.481 e. The molecule has 744 valence electrons. The summed E-state index contributed by atoms with van der Waals surface area (Å²) in [5, 5.41) is 138. The third kappa shape index (κ3) is 31.1. The summed E-state index contributed by atoms with van der Waals surface area (Å²) in [5.74, 6) is -5.37. The smallest absolute Gasteiger partial charge is 0.307 e. The number of aromatic amines is 5. The molecule has 5 aromatic carbocycles. The van der Waals surface area contributed by atoms with Gasteiger partial charge in [0.2, 0.25) is 11.8 Å². The molecule has 2 aliphatic rings. The van der Waals surface area contributed by atoms with Crippen molar-refractivity contribution < 1.29 is 69.3 Å². The van der Waals surface area contributed by atoms with Crippen molar-refractivity contribution >= 4 is 53.3 Å². The first kappa shape index (κ1) is 106. The predicted molar refractivity (Wildman–Crippen MR) is 521 cm³/mol. The minimum atomic E-state index is -0.869. The number of carboxylic acid groups (broad SMARTS) is 5. The van der Waals surface area contributed by atoms with Crippen LogP contribution in [0.1, 0.15) is 232 Å². The standard InChI is InChI=1S/2C21H23N5O3.C20H30N6O3.C20H23N5O2.C18H26N6O3/c1-2-5-17(21(28)29)18(20-23-25-26-24-20)11-13-6-3-7-14(10-13)15-8-4-9-16(12-15)19(22)27;1-2-4-17(21(28)29)18(20-23-25-26-24-20)12-13-5-3-6-16(11-13)14-7-9-15(10-8-14)19(22)27;1-13(2)9-17(20(28)29)16(19-22-24-25-23-19)10-15-3-4-18(21-11-15)26-7-5-14(12-27)6-8-26;1-3-5-17(20(26)27)18(19-22-24-25-23-19)12-14-6-4-7-15(11-14)16-8-9-21-13(2)10-16;1-11(2)7-15(18(26)27)14(17-20-22-23-21-17)8-12-3-4-16(19-9-12)24-6-5-13(25)10-24/h3-4,6-10,12,17-18H,2,5,11H2,1H3,(H2,22,27)(H,28,29)(H,23,24,25,26);3,5-11,17-18H,2,4,12H2,1H3,(H2,22,27)(H,28,29)(H,23,24,25,26);3-4,11,13-14,16-17,27H,5-10,12H2,1-2H3,(H,28,29)(H,22,23,24,25);4,6-11,17-18H,3,5,12H2,1-2H3,(H,26,27)(H,22,23,24,25);3-4,9,11,13-15,25H,5-8,10H2,1-2H3,(H,26,27)(H,20,21,22,23)/t2*17-,18-;16-,17-;17-,18-;13?,14-,15-/m00000/s1. The number of pyridine rings is 3. The Balaban J connectivity index is 0.000000169. The maximum atomic E-state index is 11.9. The van der Waals surface area contributed by atoms with E-state index in [1.54, 1.807) is 42.7 Å². The Bertz CT molecular complexity index is 6040. The van der Waals surface area contributed by atoms with Gasteiger partial charge in [-0.05, 0) is 218 Å². The lowest BCUT2D eigenvalue weighted by Crippen LogP contribution is -2.35. The number of aliphatic hydroxyl groups is 2. The number of benzene rings is 5. The number of H-pyrrole nitrogens is 5. The van der Waals surface area contributed by atoms with Crippen molar-refractivity contribution in [1.82, 2.24) is 118 Å². The first-order valence-corrected chi connectivity index (χ1v) is 47.5. The molecule has 11 atom stereocenters. The lowest BCUT2D eigenvalue weighted by atomic mass is 9.81. The fraction of sp³-hybridized carbons (Fsp3) is 0.430. The molecule has 2 amide bonds. The van der Waals surface area contributed by atoms with E-state index in [1.165, 1.54) is 0 Å². The molecule has 0 radical (unpaired) electrons. The molecule has 2 saturated heterocycles. The Hall–Kier alpha value is -15.3. The van der Waals surface area contributed by atoms with E-state index in [9.17, 15) is 69.3 Å². The highest BCUT2D eigenvalue weighted by Crippen LogP contribution is 2.39. The van der Waals surface area contributed by atoms with Crippen LogP contribution in [0, 0.1) is 54.3 Å². The zero-order chi connectivity index (χ0) is 101. The molecule has 0 spiro atoms. The molecule has 13 aromatic rings. The zero-order valence-electron chi connectivity index (χ0n) is 80.3. The molecular weight excluding hydrogens is 1800 g/mol. The van der Waals surface area contributed by atoms with Gasteiger partial charge in [-0.15, -0.1) is 51.0 Å². The van der Waals surface area contributed by atoms with E-state index in [0.29, 0.717) is 117 Å². The van der Waals surface area contributed by atoms with Crippen molar-refractivity contribution in [2.45, 2.75) is 194 Å². The molecule has 41 heteroatoms. The van der Waals surface area contributed by atoms with Crippen LogP contribution in [0.4, 0.5) is 11.6 Å². The summed E-state index contributed by atoms with van der Waals surface area (Å²) >= 11 is 0. The number of rotatable bonds is 43. The number of hydrogen-bond donors (Lipinski definition) is 14. The number of tetrazole rings is 5. The Kier molecular flexibility index (Phi) is 39.9. The molecule has 0 bridgehead atoms. The van der Waals surface area contributed by atoms with Crippen molar-refractivity contribution in [1.29, 1.82) is 0 Å². The topological polar surface area (TPSA) is 631 Å². The number of nitrogens with two attached hydrogens (primary N) is 2. The van der Waals surface area contributed by atoms with E-state index in [2.05, 4.69) is 129 Å². The summed E-state index contributed by atoms with van der Waals surface area (Å²) in [5.41, 5.74) is 23.2. The summed E-state index contributed by atoms with van der Waals surface area (Å²) < 4.78 is 0. The second-order valence-electron chi connectivity index (χ2n) is 36.5. The van der Waals surface area contributed by atoms with Crippen LogP contribution in [0.2, 0.25) is 0 Å². The molecule has 0 saturated carbocycles. The van der Waals surface area contributed by atoms with E-state index in [0.717, 1.165) is 137 Å². The molecule has 10 heterocycles. The number of piperidine rings is 1. The van der Waals surface area contributed by atoms with Crippen LogP contribution in [0.5, 0.6) is 0 Å². The number of amides is 2. The Morgan fingerprint density at radius 3 is 1.04 bits per heavy atom. The monoisotopic (exact) mass is 1930 g/mol. The highest BCUT2D eigenvalue weighted by atomic mass is 16.4. The summed E-state index contributed by atoms with van der Waals surface area (Å²) in [6.45, 7) is 19.3. The number of nitrogens with one attached hydrogen (secondary N) is 5. The Morgan fingerprint density at radius 1 is 0.383 bits per heavy atom. The number of nitrogens with zero attached hydrogens (tertiary/aromatic N) is 20. The number of aliphatic carboxylic acids is 5. The van der Waals surface area contributed by atoms with Gasteiger partial charge < -0.3 is 57.0 Å². The highest BCUT2D eigenvalue weighted by Gasteiger charge is 2.39. The minimum absolute atomic E-state index is 0.239. The highest BCUT2D eigenvalue weighted by molar-refractivity contribution is 5.94. The lowest BCUT2D eigenvalue weighted by Gasteiger charge is -2.32. The van der Waals surface area contributed by atoms with Gasteiger partial charge in [-0.25, -0.2) is 9.97 Å². The molecule has 2 fully saturated rings. The first-order chi connectivity index (χ1) is 68.0. The van der Waals surface area contributed by atoms with Gasteiger partial charge in [-0.2, -0.15) is 26.1 Å². The number of hydrogen-bond acceptors (Lipinski definition) is 29. The number of anilines is 2. The molecular formula is C100H125N27O14. The van der Waals surface area contributed by atoms with Gasteiger partial charge in [0, 0.05) is 97.8 Å². The van der Waals surface area contributed by atoms with Crippen LogP contribution in [-0.4, -0.2) is 234 Å². The molecule has 8 aromatic heterocycles. The molecule has 2 aliphatic heterocycles. The normalized spacial score (nSPS) is 15.2. The van der Waals surface area contributed by atoms with Gasteiger partial charge >= 0.3 is 29.8 Å². The van der Waals surface area contributed by atoms with Crippen molar-refractivity contribution in [3.05, 3.63) is 250 Å². The number of carboxylic acids is 5. The molecule has 141 heavy (non-hydrogen) atoms. The van der Waals surface area contributed by atoms with E-state index in [-0.39, 0.29) is 42.3 Å². The third-order valence-electron chi connectivity index (χ3n) is 25.3. The number of carbonyl (C=O) groups excluding carboxylic acids is 2. The van der Waals surface area contributed by atoms with Crippen LogP contribution < -0.4 is 21.3 Å². The van der Waals surface area contributed by atoms with Gasteiger partial charge in [0.15, 0.2) is 29.1 Å². The van der Waals surface area contributed by atoms with Crippen LogP contribution in [0.15, 0.2) is 176 Å². The zero-order valence-corrected chi connectivity index (χ0v) is 80.3. The maximum Gasteiger partial charge on any atom is 0.307 e. The number of aliphatic hydroxyl groups excluding tert-OH is 2. The van der Waals surface area contributed by atoms with E-state index in [1.807, 2.05) is 188 Å². The maximum absolute atomic E-state index is 11.9. The Labute approximate surface area is 815 Å². The van der Waals surface area contributed by atoms with E-state index in [4.69, 9.17) is 11.5 Å². The van der Waals surface area contributed by atoms with Crippen molar-refractivity contribution in [2.75, 3.05) is 42.6 Å². The molecule has 0 aliphatic carbocycles. The van der Waals surface area contributed by atoms with Crippen molar-refractivity contribution in [3.63, 3.8) is 0 Å². The molecule has 16 N–H and O–H groups in total. The second-order valence-corrected chi connectivity index (χ2v) is 36.5. The summed E-state index contributed by atoms with van der Waals surface area (Å²) in [7, 11) is 0. The molecule has 15 rings (SSSR count). The van der Waals surface area contributed by atoms with Crippen LogP contribution in [0.25, 0.3) is 33.4 Å². The van der Waals surface area contributed by atoms with Crippen molar-refractivity contribution in [2.24, 2.45) is 58.8 Å². The molecule has 41 nitrogen and oxygen atoms in total. The van der Waals surface area contributed by atoms with Crippen LogP contribution >= 0.6 is 0 Å². The van der Waals surface area contributed by atoms with Crippen LogP contribution in [0.3, 0.4) is 0 Å². The Morgan fingerprint density at radius 2 is 0.723 bits per heavy atom. The lowest BCUT2D eigenvalue weighted by molar-refractivity contribution is -0.144. The van der Waals surface area contributed by atoms with Crippen LogP contribution in [-0.2, 0) is 56.1 Å². The fourth-order valence-corrected chi connectivity index (χ4v) is 18.1. The predicted octanol–water partition coefficient (Wildman–Crippen LogP) is 12.1. The largest absolute Gasteiger partial charge is 0.481 e. The third-order valence-corrected chi connectivity index (χ3v) is 25.3.